The van der Waals surface area contributed by atoms with Gasteiger partial charge in [-0.15, -0.1) is 0 Å². The fraction of sp³-hybridized carbons (Fsp3) is 0.944. The Morgan fingerprint density at radius 3 is 2.59 bits per heavy atom. The van der Waals surface area contributed by atoms with Gasteiger partial charge in [0.15, 0.2) is 5.96 Å². The molecule has 2 rings (SSSR count). The van der Waals surface area contributed by atoms with Crippen LogP contribution in [0.2, 0.25) is 0 Å². The van der Waals surface area contributed by atoms with Crippen LogP contribution in [0, 0.1) is 17.3 Å². The van der Waals surface area contributed by atoms with E-state index in [1.54, 1.807) is 0 Å². The first-order valence-corrected chi connectivity index (χ1v) is 9.10. The summed E-state index contributed by atoms with van der Waals surface area (Å²) in [4.78, 5) is 7.25. The minimum Gasteiger partial charge on any atom is -0.381 e. The van der Waals surface area contributed by atoms with Crippen molar-refractivity contribution in [3.63, 3.8) is 0 Å². The molecule has 1 saturated carbocycles. The van der Waals surface area contributed by atoms with Crippen molar-refractivity contribution >= 4 is 5.96 Å². The molecule has 0 spiro atoms. The molecule has 1 N–H and O–H groups in total. The molecular formula is C18H35N3O. The molecule has 0 aromatic carbocycles. The third-order valence-corrected chi connectivity index (χ3v) is 5.35. The van der Waals surface area contributed by atoms with E-state index in [0.29, 0.717) is 11.3 Å². The predicted octanol–water partition coefficient (Wildman–Crippen LogP) is 3.14. The quantitative estimate of drug-likeness (QED) is 0.605. The van der Waals surface area contributed by atoms with E-state index in [1.807, 2.05) is 0 Å². The molecule has 4 heteroatoms. The van der Waals surface area contributed by atoms with Crippen LogP contribution < -0.4 is 5.32 Å². The summed E-state index contributed by atoms with van der Waals surface area (Å²) in [5, 5.41) is 3.45. The number of ether oxygens (including phenoxy) is 1. The molecule has 0 aromatic rings. The van der Waals surface area contributed by atoms with Crippen molar-refractivity contribution in [3.8, 4) is 0 Å². The molecule has 1 unspecified atom stereocenters. The van der Waals surface area contributed by atoms with Crippen LogP contribution in [-0.4, -0.2) is 50.8 Å². The van der Waals surface area contributed by atoms with Crippen LogP contribution in [0.15, 0.2) is 4.99 Å². The zero-order chi connectivity index (χ0) is 16.0. The second-order valence-electron chi connectivity index (χ2n) is 7.75. The Balaban J connectivity index is 1.92. The average molecular weight is 309 g/mol. The molecule has 0 aromatic heterocycles. The summed E-state index contributed by atoms with van der Waals surface area (Å²) in [5.74, 6) is 2.55. The van der Waals surface area contributed by atoms with E-state index >= 15 is 0 Å². The van der Waals surface area contributed by atoms with Crippen LogP contribution in [0.25, 0.3) is 0 Å². The lowest BCUT2D eigenvalue weighted by Crippen LogP contribution is -2.42. The van der Waals surface area contributed by atoms with E-state index in [2.05, 4.69) is 38.0 Å². The molecular weight excluding hydrogens is 274 g/mol. The maximum Gasteiger partial charge on any atom is 0.193 e. The second-order valence-corrected chi connectivity index (χ2v) is 7.75. The average Bonchev–Trinajstić information content (AvgIpc) is 3.16. The van der Waals surface area contributed by atoms with Gasteiger partial charge in [-0.05, 0) is 37.5 Å². The van der Waals surface area contributed by atoms with Gasteiger partial charge in [0.25, 0.3) is 0 Å². The highest BCUT2D eigenvalue weighted by molar-refractivity contribution is 5.79. The van der Waals surface area contributed by atoms with Gasteiger partial charge in [-0.1, -0.05) is 26.7 Å². The SMILES string of the molecule is CCNC(=NCC(C)(C)C1CCCC1)N(C)CC1CCOC1. The normalized spacial score (nSPS) is 24.0. The molecule has 0 radical (unpaired) electrons. The zero-order valence-corrected chi connectivity index (χ0v) is 15.0. The third kappa shape index (κ3) is 4.87. The second kappa shape index (κ2) is 8.19. The lowest BCUT2D eigenvalue weighted by atomic mass is 9.78. The molecule has 0 amide bonds. The summed E-state index contributed by atoms with van der Waals surface area (Å²) >= 11 is 0. The summed E-state index contributed by atoms with van der Waals surface area (Å²) in [7, 11) is 2.16. The lowest BCUT2D eigenvalue weighted by molar-refractivity contribution is 0.181. The van der Waals surface area contributed by atoms with E-state index in [4.69, 9.17) is 9.73 Å². The monoisotopic (exact) mass is 309 g/mol. The molecule has 128 valence electrons. The fourth-order valence-electron chi connectivity index (χ4n) is 3.79. The third-order valence-electron chi connectivity index (χ3n) is 5.35. The summed E-state index contributed by atoms with van der Waals surface area (Å²) < 4.78 is 5.49. The molecule has 1 saturated heterocycles. The first-order valence-electron chi connectivity index (χ1n) is 9.10. The number of guanidine groups is 1. The smallest absolute Gasteiger partial charge is 0.193 e. The number of hydrogen-bond donors (Lipinski definition) is 1. The van der Waals surface area contributed by atoms with Gasteiger partial charge in [-0.25, -0.2) is 0 Å². The Kier molecular flexibility index (Phi) is 6.54. The Labute approximate surface area is 136 Å². The Hall–Kier alpha value is -0.770. The molecule has 22 heavy (non-hydrogen) atoms. The maximum absolute atomic E-state index is 5.49. The lowest BCUT2D eigenvalue weighted by Gasteiger charge is -2.31. The van der Waals surface area contributed by atoms with Crippen LogP contribution in [0.5, 0.6) is 0 Å². The highest BCUT2D eigenvalue weighted by atomic mass is 16.5. The van der Waals surface area contributed by atoms with Gasteiger partial charge in [-0.2, -0.15) is 0 Å². The van der Waals surface area contributed by atoms with Gasteiger partial charge in [0.05, 0.1) is 6.61 Å². The molecule has 1 aliphatic carbocycles. The van der Waals surface area contributed by atoms with E-state index in [0.717, 1.165) is 44.7 Å². The number of aliphatic imine (C=N–C) groups is 1. The molecule has 1 aliphatic heterocycles. The van der Waals surface area contributed by atoms with E-state index in [1.165, 1.54) is 32.1 Å². The zero-order valence-electron chi connectivity index (χ0n) is 15.0. The van der Waals surface area contributed by atoms with E-state index in [9.17, 15) is 0 Å². The van der Waals surface area contributed by atoms with Crippen molar-refractivity contribution in [3.05, 3.63) is 0 Å². The minimum absolute atomic E-state index is 0.314. The summed E-state index contributed by atoms with van der Waals surface area (Å²) in [5.41, 5.74) is 0.314. The van der Waals surface area contributed by atoms with Crippen molar-refractivity contribution < 1.29 is 4.74 Å². The highest BCUT2D eigenvalue weighted by Gasteiger charge is 2.31. The summed E-state index contributed by atoms with van der Waals surface area (Å²) in [6, 6.07) is 0. The van der Waals surface area contributed by atoms with Gasteiger partial charge >= 0.3 is 0 Å². The van der Waals surface area contributed by atoms with Crippen LogP contribution in [0.3, 0.4) is 0 Å². The number of nitrogens with one attached hydrogen (secondary N) is 1. The Bertz CT molecular complexity index is 355. The molecule has 1 atom stereocenters. The topological polar surface area (TPSA) is 36.9 Å². The van der Waals surface area contributed by atoms with Gasteiger partial charge in [0, 0.05) is 39.2 Å². The van der Waals surface area contributed by atoms with Crippen molar-refractivity contribution in [1.29, 1.82) is 0 Å². The van der Waals surface area contributed by atoms with Gasteiger partial charge in [-0.3, -0.25) is 4.99 Å². The van der Waals surface area contributed by atoms with Crippen LogP contribution in [0.4, 0.5) is 0 Å². The van der Waals surface area contributed by atoms with E-state index < -0.39 is 0 Å². The van der Waals surface area contributed by atoms with Crippen molar-refractivity contribution in [1.82, 2.24) is 10.2 Å². The van der Waals surface area contributed by atoms with Gasteiger partial charge in [0.1, 0.15) is 0 Å². The molecule has 1 heterocycles. The standard InChI is InChI=1S/C18H35N3O/c1-5-19-17(21(4)12-15-10-11-22-13-15)20-14-18(2,3)16-8-6-7-9-16/h15-16H,5-14H2,1-4H3,(H,19,20). The Morgan fingerprint density at radius 1 is 1.27 bits per heavy atom. The van der Waals surface area contributed by atoms with Crippen LogP contribution >= 0.6 is 0 Å². The van der Waals surface area contributed by atoms with Crippen molar-refractivity contribution in [2.45, 2.75) is 52.9 Å². The predicted molar refractivity (Wildman–Crippen MR) is 93.3 cm³/mol. The van der Waals surface area contributed by atoms with Gasteiger partial charge in [0.2, 0.25) is 0 Å². The van der Waals surface area contributed by atoms with E-state index in [-0.39, 0.29) is 0 Å². The largest absolute Gasteiger partial charge is 0.381 e. The Morgan fingerprint density at radius 2 is 2.00 bits per heavy atom. The van der Waals surface area contributed by atoms with Crippen LogP contribution in [-0.2, 0) is 4.74 Å². The van der Waals surface area contributed by atoms with Crippen molar-refractivity contribution in [2.75, 3.05) is 39.9 Å². The van der Waals surface area contributed by atoms with Crippen LogP contribution in [0.1, 0.15) is 52.9 Å². The molecule has 4 nitrogen and oxygen atoms in total. The maximum atomic E-state index is 5.49. The summed E-state index contributed by atoms with van der Waals surface area (Å²) in [6.07, 6.45) is 6.75. The minimum atomic E-state index is 0.314. The molecule has 2 aliphatic rings. The number of nitrogens with zero attached hydrogens (tertiary/aromatic N) is 2. The first-order chi connectivity index (χ1) is 10.5. The number of rotatable bonds is 6. The highest BCUT2D eigenvalue weighted by Crippen LogP contribution is 2.39. The molecule has 0 bridgehead atoms. The summed E-state index contributed by atoms with van der Waals surface area (Å²) in [6.45, 7) is 11.6. The fourth-order valence-corrected chi connectivity index (χ4v) is 3.79. The van der Waals surface area contributed by atoms with Crippen molar-refractivity contribution in [2.24, 2.45) is 22.2 Å². The molecule has 2 fully saturated rings. The first kappa shape index (κ1) is 17.6. The number of hydrogen-bond acceptors (Lipinski definition) is 2. The van der Waals surface area contributed by atoms with Gasteiger partial charge < -0.3 is 15.0 Å².